The maximum absolute atomic E-state index is 13.3. The Labute approximate surface area is 230 Å². The van der Waals surface area contributed by atoms with Crippen molar-refractivity contribution in [3.63, 3.8) is 0 Å². The Morgan fingerprint density at radius 1 is 1.05 bits per heavy atom. The highest BCUT2D eigenvalue weighted by Crippen LogP contribution is 2.51. The van der Waals surface area contributed by atoms with E-state index >= 15 is 0 Å². The third-order valence-corrected chi connectivity index (χ3v) is 9.30. The number of aliphatic hydroxyl groups is 1. The molecule has 1 spiro atoms. The Kier molecular flexibility index (Phi) is 8.24. The van der Waals surface area contributed by atoms with Gasteiger partial charge in [-0.25, -0.2) is 0 Å². The molecule has 8 nitrogen and oxygen atoms in total. The Balaban J connectivity index is 1.37. The van der Waals surface area contributed by atoms with E-state index in [0.717, 1.165) is 56.9 Å². The number of nitrogens with one attached hydrogen (secondary N) is 1. The lowest BCUT2D eigenvalue weighted by Gasteiger charge is -2.52. The van der Waals surface area contributed by atoms with Crippen LogP contribution in [0.2, 0.25) is 0 Å². The standard InChI is InChI=1S/C31H41N3O5/c1-32-29(37)26-19-34(27(35)18-25(26)23-10-4-2-5-11-23)22-31(38)16-17-33(21-30(31)14-8-9-15-30)28(36)20-39-24-12-6-3-7-13-24/h2,4-5,10-11,18-19,24,38H,3,6-9,12-17,20-22H2,1H3,(H,32,37). The van der Waals surface area contributed by atoms with E-state index in [4.69, 9.17) is 4.74 Å². The number of amides is 2. The number of carbonyl (C=O) groups excluding carboxylic acids is 2. The lowest BCUT2D eigenvalue weighted by atomic mass is 9.65. The van der Waals surface area contributed by atoms with Crippen LogP contribution in [-0.2, 0) is 16.1 Å². The molecule has 1 saturated heterocycles. The molecule has 2 aromatic rings. The van der Waals surface area contributed by atoms with Gasteiger partial charge in [-0.3, -0.25) is 14.4 Å². The first-order valence-corrected chi connectivity index (χ1v) is 14.5. The number of hydrogen-bond donors (Lipinski definition) is 2. The number of carbonyl (C=O) groups is 2. The molecule has 3 aliphatic rings. The normalized spacial score (nSPS) is 23.2. The third kappa shape index (κ3) is 5.68. The minimum atomic E-state index is -1.16. The van der Waals surface area contributed by atoms with E-state index in [1.807, 2.05) is 35.2 Å². The number of ether oxygens (including phenoxy) is 1. The number of hydrogen-bond acceptors (Lipinski definition) is 5. The molecule has 1 unspecified atom stereocenters. The molecule has 2 amide bonds. The Morgan fingerprint density at radius 3 is 2.46 bits per heavy atom. The van der Waals surface area contributed by atoms with E-state index < -0.39 is 11.0 Å². The first kappa shape index (κ1) is 27.6. The fraction of sp³-hybridized carbons (Fsp3) is 0.581. The summed E-state index contributed by atoms with van der Waals surface area (Å²) in [6.07, 6.45) is 11.3. The molecule has 39 heavy (non-hydrogen) atoms. The van der Waals surface area contributed by atoms with Gasteiger partial charge in [0.05, 0.1) is 23.8 Å². The predicted octanol–water partition coefficient (Wildman–Crippen LogP) is 3.75. The van der Waals surface area contributed by atoms with Crippen molar-refractivity contribution in [3.8, 4) is 11.1 Å². The summed E-state index contributed by atoms with van der Waals surface area (Å²) in [5.41, 5.74) is -0.174. The zero-order chi connectivity index (χ0) is 27.5. The van der Waals surface area contributed by atoms with Crippen LogP contribution in [0.1, 0.15) is 74.6 Å². The number of nitrogens with zero attached hydrogens (tertiary/aromatic N) is 2. The van der Waals surface area contributed by atoms with E-state index in [-0.39, 0.29) is 36.6 Å². The summed E-state index contributed by atoms with van der Waals surface area (Å²) in [7, 11) is 1.57. The first-order chi connectivity index (χ1) is 18.8. The summed E-state index contributed by atoms with van der Waals surface area (Å²) in [5, 5.41) is 14.9. The van der Waals surface area contributed by atoms with Crippen molar-refractivity contribution >= 4 is 11.8 Å². The minimum Gasteiger partial charge on any atom is -0.387 e. The topological polar surface area (TPSA) is 101 Å². The molecule has 1 aliphatic heterocycles. The van der Waals surface area contributed by atoms with E-state index in [2.05, 4.69) is 5.32 Å². The second-order valence-corrected chi connectivity index (χ2v) is 11.7. The van der Waals surface area contributed by atoms with Gasteiger partial charge < -0.3 is 24.6 Å². The second-order valence-electron chi connectivity index (χ2n) is 11.7. The fourth-order valence-corrected chi connectivity index (χ4v) is 6.97. The minimum absolute atomic E-state index is 0.0137. The van der Waals surface area contributed by atoms with Crippen LogP contribution >= 0.6 is 0 Å². The summed E-state index contributed by atoms with van der Waals surface area (Å²) in [5.74, 6) is -0.302. The molecule has 0 bridgehead atoms. The van der Waals surface area contributed by atoms with Gasteiger partial charge in [0.25, 0.3) is 11.5 Å². The fourth-order valence-electron chi connectivity index (χ4n) is 6.97. The van der Waals surface area contributed by atoms with Crippen LogP contribution in [0.15, 0.2) is 47.4 Å². The van der Waals surface area contributed by atoms with Crippen LogP contribution in [0.4, 0.5) is 0 Å². The maximum Gasteiger partial charge on any atom is 0.253 e. The largest absolute Gasteiger partial charge is 0.387 e. The molecular weight excluding hydrogens is 494 g/mol. The molecular formula is C31H41N3O5. The zero-order valence-electron chi connectivity index (χ0n) is 23.0. The third-order valence-electron chi connectivity index (χ3n) is 9.30. The first-order valence-electron chi connectivity index (χ1n) is 14.5. The van der Waals surface area contributed by atoms with Gasteiger partial charge in [0.15, 0.2) is 0 Å². The number of pyridine rings is 1. The molecule has 2 aliphatic carbocycles. The van der Waals surface area contributed by atoms with Gasteiger partial charge >= 0.3 is 0 Å². The van der Waals surface area contributed by atoms with Crippen molar-refractivity contribution in [2.45, 2.75) is 82.5 Å². The van der Waals surface area contributed by atoms with Crippen molar-refractivity contribution in [3.05, 3.63) is 58.5 Å². The van der Waals surface area contributed by atoms with Gasteiger partial charge in [0, 0.05) is 43.4 Å². The quantitative estimate of drug-likeness (QED) is 0.563. The van der Waals surface area contributed by atoms with E-state index in [0.29, 0.717) is 30.6 Å². The second kappa shape index (κ2) is 11.6. The molecule has 0 radical (unpaired) electrons. The molecule has 2 N–H and O–H groups in total. The number of aromatic nitrogens is 1. The van der Waals surface area contributed by atoms with Crippen molar-refractivity contribution in [1.29, 1.82) is 0 Å². The van der Waals surface area contributed by atoms with Crippen molar-refractivity contribution < 1.29 is 19.4 Å². The molecule has 210 valence electrons. The Morgan fingerprint density at radius 2 is 1.77 bits per heavy atom. The number of rotatable bonds is 7. The van der Waals surface area contributed by atoms with Crippen molar-refractivity contribution in [2.24, 2.45) is 5.41 Å². The summed E-state index contributed by atoms with van der Waals surface area (Å²) in [4.78, 5) is 41.2. The van der Waals surface area contributed by atoms with E-state index in [1.165, 1.54) is 17.1 Å². The average Bonchev–Trinajstić information content (AvgIpc) is 3.45. The van der Waals surface area contributed by atoms with Crippen LogP contribution in [0.5, 0.6) is 0 Å². The highest BCUT2D eigenvalue weighted by Gasteiger charge is 2.55. The molecule has 1 aromatic carbocycles. The lowest BCUT2D eigenvalue weighted by molar-refractivity contribution is -0.165. The van der Waals surface area contributed by atoms with Crippen LogP contribution < -0.4 is 10.9 Å². The van der Waals surface area contributed by atoms with Gasteiger partial charge in [-0.05, 0) is 37.7 Å². The molecule has 5 rings (SSSR count). The van der Waals surface area contributed by atoms with E-state index in [1.54, 1.807) is 13.2 Å². The summed E-state index contributed by atoms with van der Waals surface area (Å²) < 4.78 is 7.46. The zero-order valence-corrected chi connectivity index (χ0v) is 23.0. The van der Waals surface area contributed by atoms with Crippen molar-refractivity contribution in [1.82, 2.24) is 14.8 Å². The molecule has 2 heterocycles. The lowest BCUT2D eigenvalue weighted by Crippen LogP contribution is -2.62. The molecule has 1 atom stereocenters. The van der Waals surface area contributed by atoms with Crippen molar-refractivity contribution in [2.75, 3.05) is 26.7 Å². The van der Waals surface area contributed by atoms with Gasteiger partial charge in [0.1, 0.15) is 6.61 Å². The van der Waals surface area contributed by atoms with Gasteiger partial charge in [0.2, 0.25) is 5.91 Å². The smallest absolute Gasteiger partial charge is 0.253 e. The van der Waals surface area contributed by atoms with Gasteiger partial charge in [-0.15, -0.1) is 0 Å². The monoisotopic (exact) mass is 535 g/mol. The molecule has 3 fully saturated rings. The van der Waals surface area contributed by atoms with Crippen LogP contribution in [0.25, 0.3) is 11.1 Å². The Hall–Kier alpha value is -2.97. The van der Waals surface area contributed by atoms with Crippen LogP contribution in [0.3, 0.4) is 0 Å². The molecule has 2 saturated carbocycles. The SMILES string of the molecule is CNC(=O)c1cn(CC2(O)CCN(C(=O)COC3CCCCC3)CC23CCCC3)c(=O)cc1-c1ccccc1. The summed E-state index contributed by atoms with van der Waals surface area (Å²) in [6.45, 7) is 1.07. The molecule has 1 aromatic heterocycles. The highest BCUT2D eigenvalue weighted by atomic mass is 16.5. The maximum atomic E-state index is 13.3. The number of piperidine rings is 1. The predicted molar refractivity (Wildman–Crippen MR) is 149 cm³/mol. The van der Waals surface area contributed by atoms with Gasteiger partial charge in [-0.2, -0.15) is 0 Å². The average molecular weight is 536 g/mol. The summed E-state index contributed by atoms with van der Waals surface area (Å²) in [6, 6.07) is 10.9. The van der Waals surface area contributed by atoms with Crippen LogP contribution in [0, 0.1) is 5.41 Å². The molecule has 8 heteroatoms. The van der Waals surface area contributed by atoms with Gasteiger partial charge in [-0.1, -0.05) is 62.4 Å². The Bertz CT molecular complexity index is 1230. The number of likely N-dealkylation sites (tertiary alicyclic amines) is 1. The summed E-state index contributed by atoms with van der Waals surface area (Å²) >= 11 is 0. The van der Waals surface area contributed by atoms with Crippen LogP contribution in [-0.4, -0.2) is 64.8 Å². The number of benzene rings is 1. The van der Waals surface area contributed by atoms with E-state index in [9.17, 15) is 19.5 Å². The highest BCUT2D eigenvalue weighted by molar-refractivity contribution is 6.00.